The van der Waals surface area contributed by atoms with E-state index in [1.165, 1.54) is 19.3 Å². The van der Waals surface area contributed by atoms with E-state index in [2.05, 4.69) is 19.2 Å². The average molecular weight is 243 g/mol. The van der Waals surface area contributed by atoms with E-state index in [1.807, 2.05) is 11.8 Å². The summed E-state index contributed by atoms with van der Waals surface area (Å²) in [4.78, 5) is 0. The Labute approximate surface area is 104 Å². The van der Waals surface area contributed by atoms with Crippen molar-refractivity contribution in [1.82, 2.24) is 5.32 Å². The van der Waals surface area contributed by atoms with Gasteiger partial charge in [-0.2, -0.15) is 11.8 Å². The van der Waals surface area contributed by atoms with Gasteiger partial charge in [0.05, 0.1) is 5.60 Å². The lowest BCUT2D eigenvalue weighted by Crippen LogP contribution is -2.46. The third-order valence-electron chi connectivity index (χ3n) is 3.98. The number of hydrogen-bond donors (Lipinski definition) is 2. The molecule has 2 fully saturated rings. The maximum Gasteiger partial charge on any atom is 0.0869 e. The van der Waals surface area contributed by atoms with Gasteiger partial charge in [-0.25, -0.2) is 0 Å². The van der Waals surface area contributed by atoms with Gasteiger partial charge >= 0.3 is 0 Å². The molecule has 16 heavy (non-hydrogen) atoms. The molecule has 4 atom stereocenters. The van der Waals surface area contributed by atoms with Crippen LogP contribution in [-0.2, 0) is 0 Å². The van der Waals surface area contributed by atoms with Crippen LogP contribution in [-0.4, -0.2) is 34.8 Å². The minimum absolute atomic E-state index is 0.422. The molecule has 1 unspecified atom stereocenters. The summed E-state index contributed by atoms with van der Waals surface area (Å²) in [6, 6.07) is 0.633. The summed E-state index contributed by atoms with van der Waals surface area (Å²) >= 11 is 1.88. The molecule has 1 saturated heterocycles. The first kappa shape index (κ1) is 12.7. The molecule has 3 heteroatoms. The highest BCUT2D eigenvalue weighted by molar-refractivity contribution is 7.99. The van der Waals surface area contributed by atoms with Gasteiger partial charge in [0.2, 0.25) is 0 Å². The number of rotatable bonds is 3. The van der Waals surface area contributed by atoms with Crippen LogP contribution in [0.2, 0.25) is 0 Å². The number of thioether (sulfide) groups is 1. The fourth-order valence-corrected chi connectivity index (χ4v) is 4.48. The molecule has 94 valence electrons. The Hall–Kier alpha value is 0.270. The molecular weight excluding hydrogens is 218 g/mol. The maximum absolute atomic E-state index is 10.3. The van der Waals surface area contributed by atoms with Crippen LogP contribution in [0.25, 0.3) is 0 Å². The first-order valence-corrected chi connectivity index (χ1v) is 7.76. The molecule has 0 aromatic carbocycles. The molecule has 1 aliphatic heterocycles. The van der Waals surface area contributed by atoms with Crippen molar-refractivity contribution in [3.63, 3.8) is 0 Å². The first-order chi connectivity index (χ1) is 7.57. The maximum atomic E-state index is 10.3. The number of hydrogen-bond acceptors (Lipinski definition) is 3. The normalized spacial score (nSPS) is 44.8. The smallest absolute Gasteiger partial charge is 0.0869 e. The molecule has 1 aliphatic carbocycles. The molecule has 0 bridgehead atoms. The number of aliphatic hydroxyl groups is 1. The molecule has 0 aromatic rings. The van der Waals surface area contributed by atoms with Crippen LogP contribution in [0.3, 0.4) is 0 Å². The lowest BCUT2D eigenvalue weighted by atomic mass is 9.80. The van der Waals surface area contributed by atoms with E-state index in [0.29, 0.717) is 6.04 Å². The molecule has 2 aliphatic rings. The van der Waals surface area contributed by atoms with Gasteiger partial charge in [0.1, 0.15) is 0 Å². The molecule has 0 radical (unpaired) electrons. The molecule has 2 nitrogen and oxygen atoms in total. The quantitative estimate of drug-likeness (QED) is 0.797. The lowest BCUT2D eigenvalue weighted by Gasteiger charge is -2.34. The van der Waals surface area contributed by atoms with Crippen LogP contribution in [0.15, 0.2) is 0 Å². The molecule has 0 aromatic heterocycles. The predicted octanol–water partition coefficient (Wildman–Crippen LogP) is 2.27. The van der Waals surface area contributed by atoms with E-state index in [0.717, 1.165) is 36.3 Å². The van der Waals surface area contributed by atoms with Crippen LogP contribution >= 0.6 is 11.8 Å². The summed E-state index contributed by atoms with van der Waals surface area (Å²) in [7, 11) is 0. The second-order valence-electron chi connectivity index (χ2n) is 6.02. The SMILES string of the molecule is C[C@@H]1CC(NC[C@]2(O)CCSC2)C[C@H](C)C1. The van der Waals surface area contributed by atoms with Gasteiger partial charge in [0.25, 0.3) is 0 Å². The highest BCUT2D eigenvalue weighted by Gasteiger charge is 2.33. The topological polar surface area (TPSA) is 32.3 Å². The monoisotopic (exact) mass is 243 g/mol. The van der Waals surface area contributed by atoms with E-state index in [9.17, 15) is 5.11 Å². The second-order valence-corrected chi connectivity index (χ2v) is 7.13. The van der Waals surface area contributed by atoms with E-state index < -0.39 is 5.60 Å². The third kappa shape index (κ3) is 3.38. The van der Waals surface area contributed by atoms with Crippen LogP contribution in [0.1, 0.15) is 39.5 Å². The van der Waals surface area contributed by atoms with Crippen molar-refractivity contribution in [2.75, 3.05) is 18.1 Å². The van der Waals surface area contributed by atoms with Crippen LogP contribution in [0.4, 0.5) is 0 Å². The predicted molar refractivity (Wildman–Crippen MR) is 70.9 cm³/mol. The lowest BCUT2D eigenvalue weighted by molar-refractivity contribution is 0.0601. The first-order valence-electron chi connectivity index (χ1n) is 6.61. The van der Waals surface area contributed by atoms with Crippen molar-refractivity contribution in [2.24, 2.45) is 11.8 Å². The minimum atomic E-state index is -0.422. The molecule has 0 amide bonds. The van der Waals surface area contributed by atoms with Crippen molar-refractivity contribution in [2.45, 2.75) is 51.2 Å². The Morgan fingerprint density at radius 3 is 2.50 bits per heavy atom. The number of nitrogens with one attached hydrogen (secondary N) is 1. The highest BCUT2D eigenvalue weighted by Crippen LogP contribution is 2.30. The Morgan fingerprint density at radius 1 is 1.25 bits per heavy atom. The van der Waals surface area contributed by atoms with Gasteiger partial charge in [-0.3, -0.25) is 0 Å². The van der Waals surface area contributed by atoms with E-state index >= 15 is 0 Å². The van der Waals surface area contributed by atoms with Gasteiger partial charge in [-0.15, -0.1) is 0 Å². The Bertz CT molecular complexity index is 218. The largest absolute Gasteiger partial charge is 0.388 e. The zero-order valence-corrected chi connectivity index (χ0v) is 11.4. The summed E-state index contributed by atoms with van der Waals surface area (Å²) in [5.74, 6) is 3.72. The zero-order valence-electron chi connectivity index (χ0n) is 10.5. The van der Waals surface area contributed by atoms with E-state index in [4.69, 9.17) is 0 Å². The fourth-order valence-electron chi connectivity index (χ4n) is 3.18. The Balaban J connectivity index is 1.76. The summed E-state index contributed by atoms with van der Waals surface area (Å²) in [6.07, 6.45) is 4.90. The van der Waals surface area contributed by atoms with Gasteiger partial charge in [0.15, 0.2) is 0 Å². The average Bonchev–Trinajstić information content (AvgIpc) is 2.62. The Kier molecular flexibility index (Phi) is 4.20. The van der Waals surface area contributed by atoms with Gasteiger partial charge < -0.3 is 10.4 Å². The summed E-state index contributed by atoms with van der Waals surface area (Å²) in [5.41, 5.74) is -0.422. The van der Waals surface area contributed by atoms with Crippen molar-refractivity contribution < 1.29 is 5.11 Å². The minimum Gasteiger partial charge on any atom is -0.388 e. The molecular formula is C13H25NOS. The van der Waals surface area contributed by atoms with Crippen LogP contribution in [0, 0.1) is 11.8 Å². The second kappa shape index (κ2) is 5.28. The van der Waals surface area contributed by atoms with E-state index in [-0.39, 0.29) is 0 Å². The van der Waals surface area contributed by atoms with Crippen molar-refractivity contribution in [3.8, 4) is 0 Å². The molecule has 2 rings (SSSR count). The summed E-state index contributed by atoms with van der Waals surface area (Å²) in [6.45, 7) is 5.50. The summed E-state index contributed by atoms with van der Waals surface area (Å²) in [5, 5.41) is 13.9. The molecule has 1 heterocycles. The molecule has 1 saturated carbocycles. The van der Waals surface area contributed by atoms with Crippen molar-refractivity contribution >= 4 is 11.8 Å². The van der Waals surface area contributed by atoms with Gasteiger partial charge in [-0.1, -0.05) is 13.8 Å². The third-order valence-corrected chi connectivity index (χ3v) is 5.22. The van der Waals surface area contributed by atoms with Gasteiger partial charge in [-0.05, 0) is 43.3 Å². The van der Waals surface area contributed by atoms with Crippen LogP contribution < -0.4 is 5.32 Å². The molecule has 2 N–H and O–H groups in total. The van der Waals surface area contributed by atoms with Crippen molar-refractivity contribution in [1.29, 1.82) is 0 Å². The molecule has 0 spiro atoms. The van der Waals surface area contributed by atoms with E-state index in [1.54, 1.807) is 0 Å². The Morgan fingerprint density at radius 2 is 1.94 bits per heavy atom. The highest BCUT2D eigenvalue weighted by atomic mass is 32.2. The van der Waals surface area contributed by atoms with Gasteiger partial charge in [0, 0.05) is 18.3 Å². The standard InChI is InChI=1S/C13H25NOS/c1-10-5-11(2)7-12(6-10)14-8-13(15)3-4-16-9-13/h10-12,14-15H,3-9H2,1-2H3/t10-,11+,12?,13-/m1/s1. The van der Waals surface area contributed by atoms with Crippen LogP contribution in [0.5, 0.6) is 0 Å². The van der Waals surface area contributed by atoms with Crippen molar-refractivity contribution in [3.05, 3.63) is 0 Å². The summed E-state index contributed by atoms with van der Waals surface area (Å²) < 4.78 is 0. The fraction of sp³-hybridized carbons (Fsp3) is 1.00. The zero-order chi connectivity index (χ0) is 11.6.